The van der Waals surface area contributed by atoms with Crippen LogP contribution in [0.25, 0.3) is 11.0 Å². The van der Waals surface area contributed by atoms with Gasteiger partial charge in [-0.15, -0.1) is 0 Å². The van der Waals surface area contributed by atoms with Crippen molar-refractivity contribution in [3.8, 4) is 11.5 Å². The summed E-state index contributed by atoms with van der Waals surface area (Å²) in [6, 6.07) is 15.6. The maximum Gasteiger partial charge on any atom is 0.161 e. The normalized spacial score (nSPS) is 12.3. The smallest absolute Gasteiger partial charge is 0.161 e. The second-order valence-corrected chi connectivity index (χ2v) is 5.89. The minimum atomic E-state index is -0.553. The van der Waals surface area contributed by atoms with Crippen molar-refractivity contribution in [2.45, 2.75) is 32.4 Å². The van der Waals surface area contributed by atoms with Crippen molar-refractivity contribution in [3.05, 3.63) is 54.4 Å². The number of hydrogen-bond acceptors (Lipinski definition) is 4. The van der Waals surface area contributed by atoms with Crippen LogP contribution in [0.3, 0.4) is 0 Å². The quantitative estimate of drug-likeness (QED) is 0.631. The highest BCUT2D eigenvalue weighted by Gasteiger charge is 2.16. The molecule has 0 unspecified atom stereocenters. The highest BCUT2D eigenvalue weighted by molar-refractivity contribution is 5.76. The predicted molar refractivity (Wildman–Crippen MR) is 98.1 cm³/mol. The monoisotopic (exact) mass is 340 g/mol. The molecule has 5 heteroatoms. The molecule has 0 aliphatic carbocycles. The molecule has 0 bridgehead atoms. The highest BCUT2D eigenvalue weighted by atomic mass is 16.5. The van der Waals surface area contributed by atoms with Gasteiger partial charge < -0.3 is 19.1 Å². The third-order valence-electron chi connectivity index (χ3n) is 4.22. The van der Waals surface area contributed by atoms with Crippen LogP contribution in [0.15, 0.2) is 48.5 Å². The Morgan fingerprint density at radius 2 is 1.80 bits per heavy atom. The maximum atomic E-state index is 10.3. The van der Waals surface area contributed by atoms with Gasteiger partial charge in [-0.25, -0.2) is 4.98 Å². The largest absolute Gasteiger partial charge is 0.493 e. The molecule has 132 valence electrons. The number of imidazole rings is 1. The summed E-state index contributed by atoms with van der Waals surface area (Å²) in [6.45, 7) is 3.26. The zero-order valence-electron chi connectivity index (χ0n) is 14.7. The number of para-hydroxylation sites is 4. The van der Waals surface area contributed by atoms with E-state index in [0.717, 1.165) is 41.3 Å². The maximum absolute atomic E-state index is 10.3. The molecule has 1 atom stereocenters. The lowest BCUT2D eigenvalue weighted by Gasteiger charge is -2.14. The Kier molecular flexibility index (Phi) is 5.56. The van der Waals surface area contributed by atoms with Crippen LogP contribution in [-0.2, 0) is 6.54 Å². The summed E-state index contributed by atoms with van der Waals surface area (Å²) in [7, 11) is 1.64. The summed E-state index contributed by atoms with van der Waals surface area (Å²) in [5, 5.41) is 10.3. The Bertz CT molecular complexity index is 829. The van der Waals surface area contributed by atoms with E-state index in [0.29, 0.717) is 13.0 Å². The van der Waals surface area contributed by atoms with Crippen LogP contribution in [0.5, 0.6) is 11.5 Å². The van der Waals surface area contributed by atoms with Gasteiger partial charge in [0.1, 0.15) is 11.9 Å². The number of methoxy groups -OCH3 is 1. The fourth-order valence-electron chi connectivity index (χ4n) is 2.91. The Hall–Kier alpha value is -2.53. The van der Waals surface area contributed by atoms with Crippen molar-refractivity contribution in [2.24, 2.45) is 0 Å². The highest BCUT2D eigenvalue weighted by Crippen LogP contribution is 2.26. The summed E-state index contributed by atoms with van der Waals surface area (Å²) in [6.07, 6.45) is 0.894. The van der Waals surface area contributed by atoms with Gasteiger partial charge in [-0.1, -0.05) is 31.2 Å². The lowest BCUT2D eigenvalue weighted by Crippen LogP contribution is -2.11. The number of hydrogen-bond donors (Lipinski definition) is 1. The zero-order chi connectivity index (χ0) is 17.6. The molecule has 0 aliphatic heterocycles. The van der Waals surface area contributed by atoms with Crippen LogP contribution in [0, 0.1) is 0 Å². The van der Waals surface area contributed by atoms with Crippen molar-refractivity contribution in [2.75, 3.05) is 13.7 Å². The molecule has 3 aromatic rings. The number of aromatic nitrogens is 2. The van der Waals surface area contributed by atoms with E-state index in [1.165, 1.54) is 0 Å². The molecule has 0 amide bonds. The number of ether oxygens (including phenoxy) is 2. The molecule has 0 spiro atoms. The molecule has 0 saturated heterocycles. The molecule has 3 rings (SSSR count). The van der Waals surface area contributed by atoms with E-state index in [4.69, 9.17) is 9.47 Å². The lowest BCUT2D eigenvalue weighted by atomic mass is 10.2. The molecule has 0 aliphatic rings. The van der Waals surface area contributed by atoms with Gasteiger partial charge in [0.25, 0.3) is 0 Å². The minimum absolute atomic E-state index is 0.553. The Morgan fingerprint density at radius 1 is 1.08 bits per heavy atom. The molecule has 1 aromatic heterocycles. The van der Waals surface area contributed by atoms with Gasteiger partial charge in [0, 0.05) is 6.54 Å². The molecular formula is C20H24N2O3. The first-order chi connectivity index (χ1) is 12.2. The van der Waals surface area contributed by atoms with Crippen LogP contribution in [0.4, 0.5) is 0 Å². The number of aliphatic hydroxyl groups is 1. The molecule has 1 N–H and O–H groups in total. The van der Waals surface area contributed by atoms with Crippen LogP contribution < -0.4 is 9.47 Å². The Balaban J connectivity index is 1.70. The van der Waals surface area contributed by atoms with Crippen LogP contribution >= 0.6 is 0 Å². The molecule has 0 saturated carbocycles. The number of rotatable bonds is 8. The number of benzene rings is 2. The fraction of sp³-hybridized carbons (Fsp3) is 0.350. The van der Waals surface area contributed by atoms with Crippen molar-refractivity contribution >= 4 is 11.0 Å². The van der Waals surface area contributed by atoms with Gasteiger partial charge in [0.05, 0.1) is 24.8 Å². The molecule has 5 nitrogen and oxygen atoms in total. The van der Waals surface area contributed by atoms with Gasteiger partial charge in [0.2, 0.25) is 0 Å². The van der Waals surface area contributed by atoms with E-state index in [2.05, 4.69) is 9.55 Å². The van der Waals surface area contributed by atoms with E-state index in [-0.39, 0.29) is 0 Å². The van der Waals surface area contributed by atoms with E-state index in [9.17, 15) is 5.11 Å². The fourth-order valence-corrected chi connectivity index (χ4v) is 2.91. The van der Waals surface area contributed by atoms with Crippen molar-refractivity contribution in [1.29, 1.82) is 0 Å². The third-order valence-corrected chi connectivity index (χ3v) is 4.22. The Labute approximate surface area is 147 Å². The zero-order valence-corrected chi connectivity index (χ0v) is 14.7. The van der Waals surface area contributed by atoms with E-state index in [1.807, 2.05) is 55.5 Å². The average Bonchev–Trinajstić information content (AvgIpc) is 3.03. The molecule has 2 aromatic carbocycles. The summed E-state index contributed by atoms with van der Waals surface area (Å²) in [4.78, 5) is 4.60. The number of aliphatic hydroxyl groups excluding tert-OH is 1. The topological polar surface area (TPSA) is 56.5 Å². The van der Waals surface area contributed by atoms with Crippen molar-refractivity contribution in [3.63, 3.8) is 0 Å². The van der Waals surface area contributed by atoms with Gasteiger partial charge in [-0.2, -0.15) is 0 Å². The Morgan fingerprint density at radius 3 is 2.56 bits per heavy atom. The molecule has 25 heavy (non-hydrogen) atoms. The summed E-state index contributed by atoms with van der Waals surface area (Å²) in [5.74, 6) is 2.20. The average molecular weight is 340 g/mol. The molecule has 1 heterocycles. The summed E-state index contributed by atoms with van der Waals surface area (Å²) >= 11 is 0. The van der Waals surface area contributed by atoms with Crippen LogP contribution in [0.1, 0.15) is 31.7 Å². The predicted octanol–water partition coefficient (Wildman–Crippen LogP) is 3.96. The SMILES string of the molecule is CC[C@H](O)c1nc2ccccc2n1CCCOc1ccccc1OC. The van der Waals surface area contributed by atoms with Gasteiger partial charge >= 0.3 is 0 Å². The minimum Gasteiger partial charge on any atom is -0.493 e. The van der Waals surface area contributed by atoms with Crippen LogP contribution in [0.2, 0.25) is 0 Å². The molecular weight excluding hydrogens is 316 g/mol. The van der Waals surface area contributed by atoms with Gasteiger partial charge in [0.15, 0.2) is 11.5 Å². The summed E-state index contributed by atoms with van der Waals surface area (Å²) < 4.78 is 13.2. The number of fused-ring (bicyclic) bond motifs is 1. The first-order valence-corrected chi connectivity index (χ1v) is 8.63. The third kappa shape index (κ3) is 3.77. The molecule has 0 radical (unpaired) electrons. The first kappa shape index (κ1) is 17.3. The van der Waals surface area contributed by atoms with Crippen LogP contribution in [-0.4, -0.2) is 28.4 Å². The molecule has 0 fully saturated rings. The van der Waals surface area contributed by atoms with E-state index < -0.39 is 6.10 Å². The number of nitrogens with zero attached hydrogens (tertiary/aromatic N) is 2. The van der Waals surface area contributed by atoms with Crippen molar-refractivity contribution < 1.29 is 14.6 Å². The van der Waals surface area contributed by atoms with Crippen molar-refractivity contribution in [1.82, 2.24) is 9.55 Å². The second kappa shape index (κ2) is 8.03. The lowest BCUT2D eigenvalue weighted by molar-refractivity contribution is 0.158. The number of aryl methyl sites for hydroxylation is 1. The first-order valence-electron chi connectivity index (χ1n) is 8.63. The standard InChI is InChI=1S/C20H24N2O3/c1-3-17(23)20-21-15-9-4-5-10-16(15)22(20)13-8-14-25-19-12-7-6-11-18(19)24-2/h4-7,9-12,17,23H,3,8,13-14H2,1-2H3/t17-/m0/s1. The summed E-state index contributed by atoms with van der Waals surface area (Å²) in [5.41, 5.74) is 1.96. The van der Waals surface area contributed by atoms with E-state index >= 15 is 0 Å². The second-order valence-electron chi connectivity index (χ2n) is 5.89. The van der Waals surface area contributed by atoms with E-state index in [1.54, 1.807) is 7.11 Å². The van der Waals surface area contributed by atoms with Gasteiger partial charge in [-0.3, -0.25) is 0 Å². The van der Waals surface area contributed by atoms with Gasteiger partial charge in [-0.05, 0) is 37.1 Å².